The predicted molar refractivity (Wildman–Crippen MR) is 134 cm³/mol. The van der Waals surface area contributed by atoms with Crippen LogP contribution in [0.4, 0.5) is 0 Å². The molecule has 1 unspecified atom stereocenters. The van der Waals surface area contributed by atoms with Gasteiger partial charge in [0.2, 0.25) is 0 Å². The molecule has 1 fully saturated rings. The molecule has 36 heavy (non-hydrogen) atoms. The van der Waals surface area contributed by atoms with Gasteiger partial charge < -0.3 is 29.8 Å². The van der Waals surface area contributed by atoms with Crippen molar-refractivity contribution in [1.29, 1.82) is 0 Å². The minimum Gasteiger partial charge on any atom is -0.495 e. The molecular weight excluding hydrogens is 462 g/mol. The zero-order valence-corrected chi connectivity index (χ0v) is 21.0. The molecule has 0 saturated heterocycles. The lowest BCUT2D eigenvalue weighted by atomic mass is 9.96. The number of carboxylic acid groups (broad SMARTS) is 1. The molecule has 0 bridgehead atoms. The van der Waals surface area contributed by atoms with Crippen LogP contribution in [0.5, 0.6) is 23.0 Å². The molecule has 4 rings (SSSR count). The number of amides is 1. The summed E-state index contributed by atoms with van der Waals surface area (Å²) in [6.45, 7) is 2.94. The van der Waals surface area contributed by atoms with Crippen LogP contribution in [0.3, 0.4) is 0 Å². The van der Waals surface area contributed by atoms with Gasteiger partial charge in [0.15, 0.2) is 6.10 Å². The Morgan fingerprint density at radius 1 is 1.06 bits per heavy atom. The Morgan fingerprint density at radius 3 is 2.36 bits per heavy atom. The maximum Gasteiger partial charge on any atom is 0.344 e. The highest BCUT2D eigenvalue weighted by atomic mass is 16.5. The summed E-state index contributed by atoms with van der Waals surface area (Å²) >= 11 is 0. The molecular formula is C28H35NO7. The van der Waals surface area contributed by atoms with E-state index in [9.17, 15) is 14.7 Å². The second-order valence-electron chi connectivity index (χ2n) is 9.45. The monoisotopic (exact) mass is 497 g/mol. The van der Waals surface area contributed by atoms with E-state index in [4.69, 9.17) is 24.7 Å². The minimum atomic E-state index is -0.937. The molecule has 1 amide bonds. The molecule has 2 aromatic carbocycles. The van der Waals surface area contributed by atoms with Crippen LogP contribution in [0.1, 0.15) is 66.1 Å². The van der Waals surface area contributed by atoms with Gasteiger partial charge in [0, 0.05) is 17.5 Å². The first kappa shape index (κ1) is 25.7. The Kier molecular flexibility index (Phi) is 8.23. The molecule has 2 aromatic rings. The third-order valence-corrected chi connectivity index (χ3v) is 6.69. The first-order valence-electron chi connectivity index (χ1n) is 12.7. The zero-order valence-electron chi connectivity index (χ0n) is 21.0. The molecule has 3 N–H and O–H groups in total. The Hall–Kier alpha value is -3.42. The number of carbonyl (C=O) groups is 2. The number of carbonyl (C=O) groups excluding carboxylic acids is 1. The van der Waals surface area contributed by atoms with E-state index >= 15 is 0 Å². The van der Waals surface area contributed by atoms with Crippen molar-refractivity contribution in [1.82, 2.24) is 0 Å². The van der Waals surface area contributed by atoms with Gasteiger partial charge in [-0.2, -0.15) is 0 Å². The first-order chi connectivity index (χ1) is 17.4. The van der Waals surface area contributed by atoms with Crippen molar-refractivity contribution >= 4 is 11.9 Å². The van der Waals surface area contributed by atoms with Crippen molar-refractivity contribution in [2.24, 2.45) is 11.7 Å². The van der Waals surface area contributed by atoms with Gasteiger partial charge in [-0.1, -0.05) is 19.4 Å². The van der Waals surface area contributed by atoms with E-state index in [0.29, 0.717) is 61.2 Å². The van der Waals surface area contributed by atoms with Crippen molar-refractivity contribution in [3.05, 3.63) is 46.5 Å². The van der Waals surface area contributed by atoms with Crippen LogP contribution in [0.15, 0.2) is 24.3 Å². The number of hydrogen-bond donors (Lipinski definition) is 2. The van der Waals surface area contributed by atoms with Gasteiger partial charge >= 0.3 is 5.97 Å². The summed E-state index contributed by atoms with van der Waals surface area (Å²) in [6.07, 6.45) is 5.73. The molecule has 0 radical (unpaired) electrons. The van der Waals surface area contributed by atoms with E-state index in [-0.39, 0.29) is 0 Å². The van der Waals surface area contributed by atoms with E-state index in [2.05, 4.69) is 6.92 Å². The molecule has 1 heterocycles. The van der Waals surface area contributed by atoms with Crippen LogP contribution in [-0.4, -0.2) is 43.4 Å². The van der Waals surface area contributed by atoms with Crippen LogP contribution < -0.4 is 24.7 Å². The third kappa shape index (κ3) is 5.86. The SMILES string of the molecule is CCCc1c(OCCCOc2ccc(C(N)=O)c(OC)c2CC2CC2)ccc2c1OC(C(=O)O)CC2. The Bertz CT molecular complexity index is 1110. The number of fused-ring (bicyclic) bond motifs is 1. The highest BCUT2D eigenvalue weighted by Crippen LogP contribution is 2.41. The maximum atomic E-state index is 11.8. The lowest BCUT2D eigenvalue weighted by molar-refractivity contribution is -0.145. The number of carboxylic acids is 1. The number of aliphatic carboxylic acids is 1. The molecule has 1 atom stereocenters. The molecule has 1 aliphatic carbocycles. The second kappa shape index (κ2) is 11.5. The van der Waals surface area contributed by atoms with E-state index < -0.39 is 18.0 Å². The van der Waals surface area contributed by atoms with Crippen LogP contribution >= 0.6 is 0 Å². The fraction of sp³-hybridized carbons (Fsp3) is 0.500. The van der Waals surface area contributed by atoms with Crippen LogP contribution in [0, 0.1) is 5.92 Å². The molecule has 0 spiro atoms. The predicted octanol–water partition coefficient (Wildman–Crippen LogP) is 4.33. The highest BCUT2D eigenvalue weighted by molar-refractivity contribution is 5.96. The van der Waals surface area contributed by atoms with Gasteiger partial charge in [0.25, 0.3) is 5.91 Å². The summed E-state index contributed by atoms with van der Waals surface area (Å²) in [6, 6.07) is 7.36. The molecule has 0 aromatic heterocycles. The number of nitrogens with two attached hydrogens (primary N) is 1. The van der Waals surface area contributed by atoms with Crippen LogP contribution in [-0.2, 0) is 24.1 Å². The van der Waals surface area contributed by atoms with Crippen molar-refractivity contribution in [3.8, 4) is 23.0 Å². The van der Waals surface area contributed by atoms with Gasteiger partial charge in [0.05, 0.1) is 25.9 Å². The second-order valence-corrected chi connectivity index (χ2v) is 9.45. The van der Waals surface area contributed by atoms with Gasteiger partial charge in [-0.05, 0) is 68.2 Å². The molecule has 8 heteroatoms. The number of primary amides is 1. The van der Waals surface area contributed by atoms with E-state index in [0.717, 1.165) is 54.5 Å². The quantitative estimate of drug-likeness (QED) is 0.396. The third-order valence-electron chi connectivity index (χ3n) is 6.69. The zero-order chi connectivity index (χ0) is 25.7. The Labute approximate surface area is 211 Å². The highest BCUT2D eigenvalue weighted by Gasteiger charge is 2.29. The van der Waals surface area contributed by atoms with Crippen molar-refractivity contribution in [2.75, 3.05) is 20.3 Å². The summed E-state index contributed by atoms with van der Waals surface area (Å²) < 4.78 is 23.6. The number of ether oxygens (including phenoxy) is 4. The normalized spacial score (nSPS) is 16.6. The standard InChI is InChI=1S/C28H35NO7/c1-3-5-19-22(11-8-18-9-12-24(28(31)32)36-25(18)19)34-14-4-15-35-23-13-10-20(27(29)30)26(33-2)21(23)16-17-6-7-17/h8,10-11,13,17,24H,3-7,9,12,14-16H2,1-2H3,(H2,29,30)(H,31,32). The average Bonchev–Trinajstić information content (AvgIpc) is 3.69. The van der Waals surface area contributed by atoms with Gasteiger partial charge in [-0.3, -0.25) is 4.79 Å². The van der Waals surface area contributed by atoms with Gasteiger partial charge in [0.1, 0.15) is 23.0 Å². The Balaban J connectivity index is 1.40. The van der Waals surface area contributed by atoms with Gasteiger partial charge in [-0.15, -0.1) is 0 Å². The lowest BCUT2D eigenvalue weighted by Gasteiger charge is -2.26. The van der Waals surface area contributed by atoms with Gasteiger partial charge in [-0.25, -0.2) is 4.79 Å². The molecule has 8 nitrogen and oxygen atoms in total. The van der Waals surface area contributed by atoms with E-state index in [1.54, 1.807) is 19.2 Å². The average molecular weight is 498 g/mol. The molecule has 194 valence electrons. The lowest BCUT2D eigenvalue weighted by Crippen LogP contribution is -2.31. The maximum absolute atomic E-state index is 11.8. The summed E-state index contributed by atoms with van der Waals surface area (Å²) in [5.74, 6) is 1.72. The smallest absolute Gasteiger partial charge is 0.344 e. The topological polar surface area (TPSA) is 117 Å². The molecule has 1 saturated carbocycles. The fourth-order valence-electron chi connectivity index (χ4n) is 4.68. The van der Waals surface area contributed by atoms with E-state index in [1.165, 1.54) is 0 Å². The van der Waals surface area contributed by atoms with Crippen molar-refractivity contribution in [3.63, 3.8) is 0 Å². The number of hydrogen-bond acceptors (Lipinski definition) is 6. The summed E-state index contributed by atoms with van der Waals surface area (Å²) in [4.78, 5) is 23.3. The summed E-state index contributed by atoms with van der Waals surface area (Å²) in [5, 5.41) is 9.39. The van der Waals surface area contributed by atoms with Crippen molar-refractivity contribution in [2.45, 2.75) is 64.4 Å². The first-order valence-corrected chi connectivity index (χ1v) is 12.7. The summed E-state index contributed by atoms with van der Waals surface area (Å²) in [5.41, 5.74) is 8.75. The summed E-state index contributed by atoms with van der Waals surface area (Å²) in [7, 11) is 1.55. The number of rotatable bonds is 13. The number of aryl methyl sites for hydroxylation is 1. The minimum absolute atomic E-state index is 0.368. The largest absolute Gasteiger partial charge is 0.495 e. The van der Waals surface area contributed by atoms with E-state index in [1.807, 2.05) is 12.1 Å². The molecule has 2 aliphatic rings. The molecule has 1 aliphatic heterocycles. The fourth-order valence-corrected chi connectivity index (χ4v) is 4.68. The number of benzene rings is 2. The number of methoxy groups -OCH3 is 1. The Morgan fingerprint density at radius 2 is 1.75 bits per heavy atom. The van der Waals surface area contributed by atoms with Crippen LogP contribution in [0.25, 0.3) is 0 Å². The van der Waals surface area contributed by atoms with Crippen molar-refractivity contribution < 1.29 is 33.6 Å². The van der Waals surface area contributed by atoms with Crippen LogP contribution in [0.2, 0.25) is 0 Å².